The van der Waals surface area contributed by atoms with Crippen molar-refractivity contribution in [3.8, 4) is 0 Å². The smallest absolute Gasteiger partial charge is 0.330 e. The lowest BCUT2D eigenvalue weighted by molar-refractivity contribution is -0.139. The lowest BCUT2D eigenvalue weighted by atomic mass is 10.0. The maximum atomic E-state index is 12.0. The molecule has 1 fully saturated rings. The average Bonchev–Trinajstić information content (AvgIpc) is 2.45. The number of benzene rings is 1. The second-order valence-electron chi connectivity index (χ2n) is 5.20. The number of carbonyl (C=O) groups is 2. The summed E-state index contributed by atoms with van der Waals surface area (Å²) in [6.07, 6.45) is 1.57. The maximum Gasteiger partial charge on any atom is 0.330 e. The van der Waals surface area contributed by atoms with Crippen molar-refractivity contribution < 1.29 is 19.4 Å². The first-order valence-corrected chi connectivity index (χ1v) is 7.02. The van der Waals surface area contributed by atoms with E-state index in [-0.39, 0.29) is 12.1 Å². The van der Waals surface area contributed by atoms with Crippen LogP contribution in [-0.4, -0.2) is 35.9 Å². The minimum atomic E-state index is -1.09. The number of aliphatic carboxylic acids is 1. The van der Waals surface area contributed by atoms with Crippen LogP contribution in [-0.2, 0) is 9.53 Å². The summed E-state index contributed by atoms with van der Waals surface area (Å²) >= 11 is 0. The van der Waals surface area contributed by atoms with Crippen LogP contribution in [0.4, 0.5) is 4.79 Å². The van der Waals surface area contributed by atoms with Gasteiger partial charge in [-0.2, -0.15) is 0 Å². The van der Waals surface area contributed by atoms with Gasteiger partial charge in [-0.1, -0.05) is 30.3 Å². The van der Waals surface area contributed by atoms with Gasteiger partial charge in [-0.25, -0.2) is 9.59 Å². The molecule has 1 aliphatic rings. The van der Waals surface area contributed by atoms with Gasteiger partial charge in [-0.05, 0) is 25.3 Å². The van der Waals surface area contributed by atoms with Crippen molar-refractivity contribution >= 4 is 12.0 Å². The highest BCUT2D eigenvalue weighted by atomic mass is 16.5. The third kappa shape index (κ3) is 4.46. The van der Waals surface area contributed by atoms with Crippen LogP contribution in [0, 0.1) is 0 Å². The SMILES string of the molecule is CC1CC(NC(=O)N[C@@H](C(=O)O)c2ccccc2)CCO1. The summed E-state index contributed by atoms with van der Waals surface area (Å²) in [6.45, 7) is 2.56. The number of carboxylic acid groups (broad SMARTS) is 1. The predicted molar refractivity (Wildman–Crippen MR) is 76.9 cm³/mol. The molecule has 1 saturated heterocycles. The fraction of sp³-hybridized carbons (Fsp3) is 0.467. The molecule has 0 bridgehead atoms. The molecule has 2 rings (SSSR count). The second kappa shape index (κ2) is 7.08. The van der Waals surface area contributed by atoms with E-state index in [4.69, 9.17) is 4.74 Å². The Morgan fingerprint density at radius 2 is 2.05 bits per heavy atom. The molecule has 2 unspecified atom stereocenters. The molecule has 1 heterocycles. The van der Waals surface area contributed by atoms with E-state index >= 15 is 0 Å². The van der Waals surface area contributed by atoms with E-state index in [1.807, 2.05) is 6.92 Å². The van der Waals surface area contributed by atoms with Crippen molar-refractivity contribution in [1.29, 1.82) is 0 Å². The van der Waals surface area contributed by atoms with Crippen LogP contribution in [0.3, 0.4) is 0 Å². The average molecular weight is 292 g/mol. The normalized spacial score (nSPS) is 23.1. The minimum absolute atomic E-state index is 0.0129. The quantitative estimate of drug-likeness (QED) is 0.788. The first-order valence-electron chi connectivity index (χ1n) is 7.02. The summed E-state index contributed by atoms with van der Waals surface area (Å²) in [5.41, 5.74) is 0.542. The van der Waals surface area contributed by atoms with Gasteiger partial charge in [0.25, 0.3) is 0 Å². The highest BCUT2D eigenvalue weighted by molar-refractivity contribution is 5.83. The maximum absolute atomic E-state index is 12.0. The van der Waals surface area contributed by atoms with Gasteiger partial charge >= 0.3 is 12.0 Å². The van der Waals surface area contributed by atoms with Gasteiger partial charge in [0.1, 0.15) is 0 Å². The molecule has 0 radical (unpaired) electrons. The number of hydrogen-bond acceptors (Lipinski definition) is 3. The zero-order valence-electron chi connectivity index (χ0n) is 11.9. The van der Waals surface area contributed by atoms with E-state index in [0.29, 0.717) is 12.2 Å². The Balaban J connectivity index is 1.94. The van der Waals surface area contributed by atoms with Crippen LogP contribution in [0.25, 0.3) is 0 Å². The van der Waals surface area contributed by atoms with Gasteiger partial charge in [-0.3, -0.25) is 0 Å². The van der Waals surface area contributed by atoms with E-state index < -0.39 is 18.0 Å². The summed E-state index contributed by atoms with van der Waals surface area (Å²) in [7, 11) is 0. The van der Waals surface area contributed by atoms with Gasteiger partial charge in [0.2, 0.25) is 0 Å². The van der Waals surface area contributed by atoms with E-state index in [1.54, 1.807) is 30.3 Å². The fourth-order valence-corrected chi connectivity index (χ4v) is 2.42. The van der Waals surface area contributed by atoms with E-state index in [1.165, 1.54) is 0 Å². The van der Waals surface area contributed by atoms with Gasteiger partial charge in [0.15, 0.2) is 6.04 Å². The number of urea groups is 1. The highest BCUT2D eigenvalue weighted by Crippen LogP contribution is 2.15. The molecule has 3 N–H and O–H groups in total. The van der Waals surface area contributed by atoms with Crippen LogP contribution in [0.15, 0.2) is 30.3 Å². The third-order valence-electron chi connectivity index (χ3n) is 3.48. The van der Waals surface area contributed by atoms with Crippen molar-refractivity contribution in [2.24, 2.45) is 0 Å². The molecule has 1 aliphatic heterocycles. The lowest BCUT2D eigenvalue weighted by Crippen LogP contribution is -2.48. The number of amides is 2. The summed E-state index contributed by atoms with van der Waals surface area (Å²) in [6, 6.07) is 7.13. The summed E-state index contributed by atoms with van der Waals surface area (Å²) in [4.78, 5) is 23.3. The molecule has 21 heavy (non-hydrogen) atoms. The van der Waals surface area contributed by atoms with Crippen LogP contribution in [0.5, 0.6) is 0 Å². The number of rotatable bonds is 4. The lowest BCUT2D eigenvalue weighted by Gasteiger charge is -2.28. The van der Waals surface area contributed by atoms with Crippen molar-refractivity contribution in [2.45, 2.75) is 38.0 Å². The van der Waals surface area contributed by atoms with Gasteiger partial charge in [0.05, 0.1) is 6.10 Å². The summed E-state index contributed by atoms with van der Waals surface area (Å²) in [5.74, 6) is -1.09. The van der Waals surface area contributed by atoms with Crippen LogP contribution >= 0.6 is 0 Å². The number of nitrogens with one attached hydrogen (secondary N) is 2. The standard InChI is InChI=1S/C15H20N2O4/c1-10-9-12(7-8-21-10)16-15(20)17-13(14(18)19)11-5-3-2-4-6-11/h2-6,10,12-13H,7-9H2,1H3,(H,18,19)(H2,16,17,20)/t10?,12?,13-/m1/s1. The molecule has 0 aliphatic carbocycles. The molecule has 6 nitrogen and oxygen atoms in total. The van der Waals surface area contributed by atoms with Crippen molar-refractivity contribution in [2.75, 3.05) is 6.61 Å². The number of carbonyl (C=O) groups excluding carboxylic acids is 1. The largest absolute Gasteiger partial charge is 0.479 e. The fourth-order valence-electron chi connectivity index (χ4n) is 2.42. The van der Waals surface area contributed by atoms with Crippen molar-refractivity contribution in [3.05, 3.63) is 35.9 Å². The van der Waals surface area contributed by atoms with E-state index in [2.05, 4.69) is 10.6 Å². The minimum Gasteiger partial charge on any atom is -0.479 e. The van der Waals surface area contributed by atoms with Gasteiger partial charge < -0.3 is 20.5 Å². The Morgan fingerprint density at radius 3 is 2.67 bits per heavy atom. The molecule has 3 atom stereocenters. The first-order chi connectivity index (χ1) is 10.1. The molecular formula is C15H20N2O4. The Bertz CT molecular complexity index is 492. The van der Waals surface area contributed by atoms with E-state index in [0.717, 1.165) is 12.8 Å². The first kappa shape index (κ1) is 15.3. The Kier molecular flexibility index (Phi) is 5.16. The van der Waals surface area contributed by atoms with Crippen LogP contribution in [0.2, 0.25) is 0 Å². The molecule has 1 aromatic rings. The molecular weight excluding hydrogens is 272 g/mol. The van der Waals surface area contributed by atoms with E-state index in [9.17, 15) is 14.7 Å². The number of ether oxygens (including phenoxy) is 1. The second-order valence-corrected chi connectivity index (χ2v) is 5.20. The Hall–Kier alpha value is -2.08. The summed E-state index contributed by atoms with van der Waals surface area (Å²) in [5, 5.41) is 14.6. The Morgan fingerprint density at radius 1 is 1.33 bits per heavy atom. The third-order valence-corrected chi connectivity index (χ3v) is 3.48. The molecule has 2 amide bonds. The number of carboxylic acids is 1. The van der Waals surface area contributed by atoms with Crippen molar-refractivity contribution in [1.82, 2.24) is 10.6 Å². The molecule has 114 valence electrons. The molecule has 0 spiro atoms. The molecule has 0 saturated carbocycles. The highest BCUT2D eigenvalue weighted by Gasteiger charge is 2.25. The monoisotopic (exact) mass is 292 g/mol. The molecule has 1 aromatic carbocycles. The zero-order valence-corrected chi connectivity index (χ0v) is 11.9. The molecule has 6 heteroatoms. The van der Waals surface area contributed by atoms with Crippen LogP contribution < -0.4 is 10.6 Å². The van der Waals surface area contributed by atoms with Crippen molar-refractivity contribution in [3.63, 3.8) is 0 Å². The summed E-state index contributed by atoms with van der Waals surface area (Å²) < 4.78 is 5.41. The number of hydrogen-bond donors (Lipinski definition) is 3. The Labute approximate surface area is 123 Å². The topological polar surface area (TPSA) is 87.7 Å². The molecule has 0 aromatic heterocycles. The van der Waals surface area contributed by atoms with Crippen LogP contribution in [0.1, 0.15) is 31.4 Å². The predicted octanol–water partition coefficient (Wildman–Crippen LogP) is 1.68. The zero-order chi connectivity index (χ0) is 15.2. The van der Waals surface area contributed by atoms with Gasteiger partial charge in [-0.15, -0.1) is 0 Å². The van der Waals surface area contributed by atoms with Gasteiger partial charge in [0, 0.05) is 12.6 Å².